The highest BCUT2D eigenvalue weighted by molar-refractivity contribution is 14.0. The topological polar surface area (TPSA) is 91.2 Å². The Labute approximate surface area is 215 Å². The van der Waals surface area contributed by atoms with Gasteiger partial charge in [0.25, 0.3) is 0 Å². The second-order valence-electron chi connectivity index (χ2n) is 9.44. The van der Waals surface area contributed by atoms with E-state index in [9.17, 15) is 5.11 Å². The minimum atomic E-state index is -0.858. The van der Waals surface area contributed by atoms with Crippen LogP contribution in [-0.4, -0.2) is 78.6 Å². The first kappa shape index (κ1) is 28.1. The molecule has 3 N–H and O–H groups in total. The van der Waals surface area contributed by atoms with Crippen LogP contribution in [0.1, 0.15) is 52.0 Å². The lowest BCUT2D eigenvalue weighted by atomic mass is 9.89. The molecule has 33 heavy (non-hydrogen) atoms. The molecule has 1 aliphatic heterocycles. The Kier molecular flexibility index (Phi) is 12.1. The molecule has 8 nitrogen and oxygen atoms in total. The first-order chi connectivity index (χ1) is 15.4. The first-order valence-electron chi connectivity index (χ1n) is 12.1. The van der Waals surface area contributed by atoms with E-state index in [2.05, 4.69) is 27.4 Å². The highest BCUT2D eigenvalue weighted by Gasteiger charge is 2.25. The summed E-state index contributed by atoms with van der Waals surface area (Å²) in [5, 5.41) is 17.4. The van der Waals surface area contributed by atoms with Gasteiger partial charge in [0.2, 0.25) is 5.88 Å². The summed E-state index contributed by atoms with van der Waals surface area (Å²) >= 11 is 0. The third kappa shape index (κ3) is 10.3. The SMILES string of the molecule is CCNC(=NCc1ccnc(OC2CCC(C)CC2)c1)NCC(C)(O)CN1CCOCC1.I. The van der Waals surface area contributed by atoms with Gasteiger partial charge in [0.15, 0.2) is 5.96 Å². The Hall–Kier alpha value is -1.17. The van der Waals surface area contributed by atoms with Gasteiger partial charge in [-0.15, -0.1) is 24.0 Å². The van der Waals surface area contributed by atoms with Crippen molar-refractivity contribution in [3.05, 3.63) is 23.9 Å². The number of rotatable bonds is 9. The van der Waals surface area contributed by atoms with Crippen LogP contribution in [0.2, 0.25) is 0 Å². The summed E-state index contributed by atoms with van der Waals surface area (Å²) in [6.07, 6.45) is 6.71. The van der Waals surface area contributed by atoms with Gasteiger partial charge in [0, 0.05) is 45.0 Å². The fourth-order valence-corrected chi connectivity index (χ4v) is 4.21. The maximum atomic E-state index is 10.8. The zero-order valence-electron chi connectivity index (χ0n) is 20.4. The second-order valence-corrected chi connectivity index (χ2v) is 9.44. The van der Waals surface area contributed by atoms with Crippen LogP contribution in [0.25, 0.3) is 0 Å². The van der Waals surface area contributed by atoms with Crippen molar-refractivity contribution in [2.75, 3.05) is 45.9 Å². The number of pyridine rings is 1. The van der Waals surface area contributed by atoms with Gasteiger partial charge in [-0.2, -0.15) is 0 Å². The number of aromatic nitrogens is 1. The molecule has 0 aromatic carbocycles. The molecule has 2 fully saturated rings. The van der Waals surface area contributed by atoms with Crippen molar-refractivity contribution in [2.24, 2.45) is 10.9 Å². The maximum Gasteiger partial charge on any atom is 0.213 e. The number of aliphatic imine (C=N–C) groups is 1. The number of β-amino-alcohol motifs (C(OH)–C–C–N with tert-alkyl or cyclic N) is 1. The second kappa shape index (κ2) is 14.3. The van der Waals surface area contributed by atoms with Crippen molar-refractivity contribution >= 4 is 29.9 Å². The molecule has 3 rings (SSSR count). The Bertz CT molecular complexity index is 720. The van der Waals surface area contributed by atoms with Crippen molar-refractivity contribution < 1.29 is 14.6 Å². The van der Waals surface area contributed by atoms with Crippen molar-refractivity contribution in [2.45, 2.75) is 64.7 Å². The molecule has 188 valence electrons. The number of hydrogen-bond donors (Lipinski definition) is 3. The lowest BCUT2D eigenvalue weighted by Gasteiger charge is -2.34. The minimum absolute atomic E-state index is 0. The summed E-state index contributed by atoms with van der Waals surface area (Å²) in [5.74, 6) is 2.18. The van der Waals surface area contributed by atoms with Crippen molar-refractivity contribution in [1.82, 2.24) is 20.5 Å². The molecule has 1 aliphatic carbocycles. The van der Waals surface area contributed by atoms with Crippen LogP contribution in [0, 0.1) is 5.92 Å². The Morgan fingerprint density at radius 3 is 2.70 bits per heavy atom. The third-order valence-corrected chi connectivity index (χ3v) is 6.12. The van der Waals surface area contributed by atoms with Crippen LogP contribution in [-0.2, 0) is 11.3 Å². The van der Waals surface area contributed by atoms with Crippen LogP contribution in [0.3, 0.4) is 0 Å². The lowest BCUT2D eigenvalue weighted by Crippen LogP contribution is -2.52. The molecular formula is C24H42IN5O3. The molecule has 0 amide bonds. The number of morpholine rings is 1. The Morgan fingerprint density at radius 1 is 1.27 bits per heavy atom. The standard InChI is InChI=1S/C24H41N5O3.HI/c1-4-25-23(28-17-24(3,30)18-29-11-13-31-14-12-29)27-16-20-9-10-26-22(15-20)32-21-7-5-19(2)6-8-21;/h9-10,15,19,21,30H,4-8,11-14,16-18H2,1-3H3,(H2,25,27,28);1H. The van der Waals surface area contributed by atoms with Gasteiger partial charge in [-0.1, -0.05) is 6.92 Å². The average Bonchev–Trinajstić information content (AvgIpc) is 2.78. The molecule has 2 aliphatic rings. The maximum absolute atomic E-state index is 10.8. The molecule has 1 aromatic rings. The Morgan fingerprint density at radius 2 is 2.00 bits per heavy atom. The predicted octanol–water partition coefficient (Wildman–Crippen LogP) is 2.80. The van der Waals surface area contributed by atoms with Gasteiger partial charge in [-0.3, -0.25) is 4.90 Å². The average molecular weight is 576 g/mol. The van der Waals surface area contributed by atoms with Gasteiger partial charge < -0.3 is 25.2 Å². The fraction of sp³-hybridized carbons (Fsp3) is 0.750. The van der Waals surface area contributed by atoms with E-state index in [4.69, 9.17) is 14.5 Å². The summed E-state index contributed by atoms with van der Waals surface area (Å²) in [7, 11) is 0. The lowest BCUT2D eigenvalue weighted by molar-refractivity contribution is -0.0201. The number of nitrogens with zero attached hydrogens (tertiary/aromatic N) is 3. The van der Waals surface area contributed by atoms with Crippen molar-refractivity contribution in [3.8, 4) is 5.88 Å². The van der Waals surface area contributed by atoms with E-state index in [1.165, 1.54) is 12.8 Å². The molecule has 2 heterocycles. The highest BCUT2D eigenvalue weighted by Crippen LogP contribution is 2.26. The third-order valence-electron chi connectivity index (χ3n) is 6.12. The van der Waals surface area contributed by atoms with E-state index in [0.717, 1.165) is 57.2 Å². The minimum Gasteiger partial charge on any atom is -0.474 e. The van der Waals surface area contributed by atoms with Gasteiger partial charge >= 0.3 is 0 Å². The molecule has 0 spiro atoms. The van der Waals surface area contributed by atoms with Crippen LogP contribution in [0.4, 0.5) is 0 Å². The molecule has 1 atom stereocenters. The number of hydrogen-bond acceptors (Lipinski definition) is 6. The number of aliphatic hydroxyl groups is 1. The van der Waals surface area contributed by atoms with Crippen LogP contribution in [0.5, 0.6) is 5.88 Å². The molecule has 0 radical (unpaired) electrons. The quantitative estimate of drug-likeness (QED) is 0.237. The van der Waals surface area contributed by atoms with Gasteiger partial charge in [0.1, 0.15) is 6.10 Å². The van der Waals surface area contributed by atoms with Gasteiger partial charge in [-0.25, -0.2) is 9.98 Å². The summed E-state index contributed by atoms with van der Waals surface area (Å²) in [6, 6.07) is 3.96. The summed E-state index contributed by atoms with van der Waals surface area (Å²) < 4.78 is 11.5. The molecule has 1 aromatic heterocycles. The number of nitrogens with one attached hydrogen (secondary N) is 2. The van der Waals surface area contributed by atoms with E-state index in [-0.39, 0.29) is 30.1 Å². The van der Waals surface area contributed by atoms with E-state index < -0.39 is 5.60 Å². The van der Waals surface area contributed by atoms with Gasteiger partial charge in [-0.05, 0) is 57.1 Å². The molecule has 1 saturated heterocycles. The van der Waals surface area contributed by atoms with Crippen LogP contribution >= 0.6 is 24.0 Å². The van der Waals surface area contributed by atoms with E-state index in [1.807, 2.05) is 26.0 Å². The molecular weight excluding hydrogens is 533 g/mol. The molecule has 1 saturated carbocycles. The molecule has 1 unspecified atom stereocenters. The van der Waals surface area contributed by atoms with Gasteiger partial charge in [0.05, 0.1) is 25.4 Å². The summed E-state index contributed by atoms with van der Waals surface area (Å²) in [4.78, 5) is 11.3. The largest absolute Gasteiger partial charge is 0.474 e. The smallest absolute Gasteiger partial charge is 0.213 e. The number of ether oxygens (including phenoxy) is 2. The highest BCUT2D eigenvalue weighted by atomic mass is 127. The zero-order chi connectivity index (χ0) is 22.8. The molecule has 9 heteroatoms. The van der Waals surface area contributed by atoms with Crippen molar-refractivity contribution in [3.63, 3.8) is 0 Å². The molecule has 0 bridgehead atoms. The number of guanidine groups is 1. The normalized spacial score (nSPS) is 23.8. The summed E-state index contributed by atoms with van der Waals surface area (Å²) in [6.45, 7) is 11.7. The predicted molar refractivity (Wildman–Crippen MR) is 142 cm³/mol. The van der Waals surface area contributed by atoms with Crippen LogP contribution in [0.15, 0.2) is 23.3 Å². The summed E-state index contributed by atoms with van der Waals surface area (Å²) in [5.41, 5.74) is 0.194. The number of halogens is 1. The first-order valence-corrected chi connectivity index (χ1v) is 12.1. The van der Waals surface area contributed by atoms with E-state index in [0.29, 0.717) is 31.5 Å². The monoisotopic (exact) mass is 575 g/mol. The van der Waals surface area contributed by atoms with Crippen LogP contribution < -0.4 is 15.4 Å². The fourth-order valence-electron chi connectivity index (χ4n) is 4.21. The van der Waals surface area contributed by atoms with E-state index in [1.54, 1.807) is 6.20 Å². The Balaban J connectivity index is 0.00000385. The van der Waals surface area contributed by atoms with Crippen molar-refractivity contribution in [1.29, 1.82) is 0 Å². The zero-order valence-corrected chi connectivity index (χ0v) is 22.7. The van der Waals surface area contributed by atoms with E-state index >= 15 is 0 Å².